The minimum absolute atomic E-state index is 0.0824. The van der Waals surface area contributed by atoms with E-state index in [9.17, 15) is 14.4 Å². The molecule has 0 radical (unpaired) electrons. The van der Waals surface area contributed by atoms with Crippen molar-refractivity contribution in [1.82, 2.24) is 0 Å². The lowest BCUT2D eigenvalue weighted by Crippen LogP contribution is -2.39. The number of halogens is 1. The molecule has 2 rings (SSSR count). The highest BCUT2D eigenvalue weighted by Crippen LogP contribution is 2.37. The maximum Gasteiger partial charge on any atom is 0.249 e. The van der Waals surface area contributed by atoms with Gasteiger partial charge in [-0.1, -0.05) is 20.8 Å². The highest BCUT2D eigenvalue weighted by atomic mass is 28.4. The largest absolute Gasteiger partial charge is 0.549 e. The first-order valence-electron chi connectivity index (χ1n) is 8.43. The summed E-state index contributed by atoms with van der Waals surface area (Å²) in [6.45, 7) is 10.8. The van der Waals surface area contributed by atoms with Crippen molar-refractivity contribution in [3.8, 4) is 6.07 Å². The molecular weight excluding hydrogens is 335 g/mol. The molecule has 1 fully saturated rings. The molecule has 1 aliphatic heterocycles. The molecule has 0 saturated carbocycles. The van der Waals surface area contributed by atoms with Crippen LogP contribution in [0.4, 0.5) is 10.1 Å². The van der Waals surface area contributed by atoms with E-state index in [2.05, 4.69) is 33.9 Å². The summed E-state index contributed by atoms with van der Waals surface area (Å²) in [5.74, 6) is -0.571. The van der Waals surface area contributed by atoms with Crippen molar-refractivity contribution >= 4 is 19.9 Å². The van der Waals surface area contributed by atoms with Crippen molar-refractivity contribution in [2.45, 2.75) is 57.8 Å². The summed E-state index contributed by atoms with van der Waals surface area (Å²) in [5, 5.41) is 9.35. The van der Waals surface area contributed by atoms with Crippen LogP contribution in [-0.2, 0) is 9.22 Å². The fraction of sp³-hybridized carbons (Fsp3) is 0.474. The van der Waals surface area contributed by atoms with Crippen molar-refractivity contribution in [3.05, 3.63) is 41.9 Å². The molecule has 1 atom stereocenters. The Kier molecular flexibility index (Phi) is 5.38. The Morgan fingerprint density at radius 2 is 2.08 bits per heavy atom. The predicted molar refractivity (Wildman–Crippen MR) is 99.0 cm³/mol. The summed E-state index contributed by atoms with van der Waals surface area (Å²) < 4.78 is 19.7. The van der Waals surface area contributed by atoms with Gasteiger partial charge in [0.25, 0.3) is 0 Å². The van der Waals surface area contributed by atoms with Crippen LogP contribution in [0.25, 0.3) is 0 Å². The summed E-state index contributed by atoms with van der Waals surface area (Å²) in [6.07, 6.45) is 4.52. The van der Waals surface area contributed by atoms with Gasteiger partial charge in [-0.15, -0.1) is 0 Å². The number of hydrogen-bond donors (Lipinski definition) is 0. The second-order valence-electron chi connectivity index (χ2n) is 7.85. The highest BCUT2D eigenvalue weighted by molar-refractivity contribution is 6.74. The lowest BCUT2D eigenvalue weighted by molar-refractivity contribution is -0.117. The molecule has 0 N–H and O–H groups in total. The Balaban J connectivity index is 2.25. The summed E-state index contributed by atoms with van der Waals surface area (Å²) in [7, 11) is -1.92. The van der Waals surface area contributed by atoms with E-state index in [1.165, 1.54) is 23.1 Å². The summed E-state index contributed by atoms with van der Waals surface area (Å²) in [5.41, 5.74) is 0.618. The molecule has 1 unspecified atom stereocenters. The van der Waals surface area contributed by atoms with Crippen molar-refractivity contribution in [1.29, 1.82) is 5.26 Å². The van der Waals surface area contributed by atoms with Crippen molar-refractivity contribution in [2.24, 2.45) is 0 Å². The maximum absolute atomic E-state index is 13.6. The van der Waals surface area contributed by atoms with Crippen LogP contribution in [0, 0.1) is 17.1 Å². The van der Waals surface area contributed by atoms with E-state index in [-0.39, 0.29) is 17.0 Å². The molecule has 0 bridgehead atoms. The normalized spacial score (nSPS) is 18.7. The molecule has 1 aromatic rings. The van der Waals surface area contributed by atoms with Crippen LogP contribution in [0.2, 0.25) is 18.1 Å². The predicted octanol–water partition coefficient (Wildman–Crippen LogP) is 4.73. The number of anilines is 1. The standard InChI is InChI=1S/C19H25FN2O2Si/c1-19(2,3)25(4,5)24-11-10-16-8-9-18(23)22(16)17-12-15(20)7-6-14(17)13-21/h6-7,10-12,16H,8-9H2,1-5H3/b11-10+. The quantitative estimate of drug-likeness (QED) is 0.576. The van der Waals surface area contributed by atoms with Gasteiger partial charge in [-0.05, 0) is 48.8 Å². The maximum atomic E-state index is 13.6. The van der Waals surface area contributed by atoms with Gasteiger partial charge in [-0.25, -0.2) is 4.39 Å². The molecule has 25 heavy (non-hydrogen) atoms. The second-order valence-corrected chi connectivity index (χ2v) is 12.6. The molecule has 1 amide bonds. The van der Waals surface area contributed by atoms with Crippen LogP contribution in [-0.4, -0.2) is 20.3 Å². The molecule has 134 valence electrons. The fourth-order valence-electron chi connectivity index (χ4n) is 2.48. The van der Waals surface area contributed by atoms with Crippen molar-refractivity contribution < 1.29 is 13.6 Å². The second kappa shape index (κ2) is 7.01. The Morgan fingerprint density at radius 1 is 1.40 bits per heavy atom. The Bertz CT molecular complexity index is 732. The lowest BCUT2D eigenvalue weighted by atomic mass is 10.1. The van der Waals surface area contributed by atoms with Crippen LogP contribution in [0.5, 0.6) is 0 Å². The Morgan fingerprint density at radius 3 is 2.68 bits per heavy atom. The molecule has 1 saturated heterocycles. The van der Waals surface area contributed by atoms with Crippen molar-refractivity contribution in [2.75, 3.05) is 4.90 Å². The third-order valence-corrected chi connectivity index (χ3v) is 9.40. The van der Waals surface area contributed by atoms with E-state index in [4.69, 9.17) is 4.43 Å². The zero-order valence-electron chi connectivity index (χ0n) is 15.5. The smallest absolute Gasteiger partial charge is 0.249 e. The highest BCUT2D eigenvalue weighted by Gasteiger charge is 2.38. The molecule has 1 aliphatic rings. The molecular formula is C19H25FN2O2Si. The van der Waals surface area contributed by atoms with Crippen molar-refractivity contribution in [3.63, 3.8) is 0 Å². The van der Waals surface area contributed by atoms with Gasteiger partial charge in [-0.2, -0.15) is 5.26 Å². The third kappa shape index (κ3) is 4.10. The third-order valence-electron chi connectivity index (χ3n) is 5.06. The summed E-state index contributed by atoms with van der Waals surface area (Å²) in [4.78, 5) is 13.8. The van der Waals surface area contributed by atoms with E-state index in [1.54, 1.807) is 6.26 Å². The lowest BCUT2D eigenvalue weighted by Gasteiger charge is -2.35. The van der Waals surface area contributed by atoms with E-state index in [1.807, 2.05) is 12.1 Å². The van der Waals surface area contributed by atoms with Gasteiger partial charge in [0, 0.05) is 6.42 Å². The minimum Gasteiger partial charge on any atom is -0.549 e. The molecule has 6 heteroatoms. The van der Waals surface area contributed by atoms with Gasteiger partial charge in [0.05, 0.1) is 23.6 Å². The molecule has 1 heterocycles. The first kappa shape index (κ1) is 19.2. The first-order chi connectivity index (χ1) is 11.6. The fourth-order valence-corrected chi connectivity index (χ4v) is 3.25. The van der Waals surface area contributed by atoms with Gasteiger partial charge in [0.15, 0.2) is 0 Å². The van der Waals surface area contributed by atoms with E-state index in [0.29, 0.717) is 24.1 Å². The van der Waals surface area contributed by atoms with E-state index in [0.717, 1.165) is 0 Å². The van der Waals surface area contributed by atoms with Gasteiger partial charge in [0.2, 0.25) is 14.2 Å². The van der Waals surface area contributed by atoms with Gasteiger partial charge in [-0.3, -0.25) is 4.79 Å². The SMILES string of the molecule is CC(C)(C)[Si](C)(C)O/C=C/C1CCC(=O)N1c1cc(F)ccc1C#N. The van der Waals surface area contributed by atoms with Gasteiger partial charge in [0.1, 0.15) is 11.9 Å². The molecule has 0 aliphatic carbocycles. The average Bonchev–Trinajstić information content (AvgIpc) is 2.86. The molecule has 1 aromatic carbocycles. The van der Waals surface area contributed by atoms with Crippen LogP contribution in [0.1, 0.15) is 39.2 Å². The van der Waals surface area contributed by atoms with Crippen LogP contribution < -0.4 is 4.90 Å². The summed E-state index contributed by atoms with van der Waals surface area (Å²) in [6, 6.07) is 5.69. The number of nitrogens with zero attached hydrogens (tertiary/aromatic N) is 2. The van der Waals surface area contributed by atoms with Crippen LogP contribution in [0.15, 0.2) is 30.5 Å². The number of benzene rings is 1. The van der Waals surface area contributed by atoms with Gasteiger partial charge >= 0.3 is 0 Å². The zero-order valence-corrected chi connectivity index (χ0v) is 16.5. The number of rotatable bonds is 4. The first-order valence-corrected chi connectivity index (χ1v) is 11.3. The topological polar surface area (TPSA) is 53.3 Å². The minimum atomic E-state index is -1.92. The number of nitriles is 1. The molecule has 4 nitrogen and oxygen atoms in total. The average molecular weight is 361 g/mol. The number of hydrogen-bond acceptors (Lipinski definition) is 3. The van der Waals surface area contributed by atoms with E-state index < -0.39 is 14.1 Å². The Labute approximate surface area is 150 Å². The van der Waals surface area contributed by atoms with Gasteiger partial charge < -0.3 is 9.33 Å². The monoisotopic (exact) mass is 360 g/mol. The van der Waals surface area contributed by atoms with E-state index >= 15 is 0 Å². The molecule has 0 spiro atoms. The van der Waals surface area contributed by atoms with Crippen LogP contribution >= 0.6 is 0 Å². The molecule has 0 aromatic heterocycles. The zero-order chi connectivity index (χ0) is 18.8. The number of amides is 1. The summed E-state index contributed by atoms with van der Waals surface area (Å²) >= 11 is 0. The number of carbonyl (C=O) groups is 1. The number of carbonyl (C=O) groups excluding carboxylic acids is 1. The Hall–Kier alpha value is -2.13. The van der Waals surface area contributed by atoms with Crippen LogP contribution in [0.3, 0.4) is 0 Å².